The molecule has 0 saturated carbocycles. The Labute approximate surface area is 342 Å². The molecule has 61 heavy (non-hydrogen) atoms. The Morgan fingerprint density at radius 2 is 1.38 bits per heavy atom. The number of hydrogen-bond donors (Lipinski definition) is 12. The molecule has 12 N–H and O–H groups in total. The van der Waals surface area contributed by atoms with Crippen LogP contribution in [-0.4, -0.2) is 161 Å². The van der Waals surface area contributed by atoms with E-state index in [1.54, 1.807) is 5.32 Å². The maximum Gasteiger partial charge on any atom is 0.338 e. The quantitative estimate of drug-likeness (QED) is 0.0828. The fourth-order valence-corrected chi connectivity index (χ4v) is 7.98. The molecule has 0 spiro atoms. The fourth-order valence-electron chi connectivity index (χ4n) is 7.98. The molecule has 0 unspecified atom stereocenters. The average Bonchev–Trinajstić information content (AvgIpc) is 3.20. The number of aryl methyl sites for hydroxylation is 1. The lowest BCUT2D eigenvalue weighted by molar-refractivity contribution is -0.353. The molecule has 11 atom stereocenters. The van der Waals surface area contributed by atoms with Crippen molar-refractivity contribution in [1.82, 2.24) is 5.32 Å². The van der Waals surface area contributed by atoms with E-state index in [-0.39, 0.29) is 16.9 Å². The molecule has 2 saturated heterocycles. The Kier molecular flexibility index (Phi) is 11.3. The lowest BCUT2D eigenvalue weighted by Gasteiger charge is -2.45. The Morgan fingerprint density at radius 1 is 0.754 bits per heavy atom. The summed E-state index contributed by atoms with van der Waals surface area (Å²) in [5.74, 6) is -10.2. The maximum absolute atomic E-state index is 14.1. The number of carbonyl (C=O) groups excluding carboxylic acids is 3. The molecule has 2 fully saturated rings. The zero-order chi connectivity index (χ0) is 44.7. The van der Waals surface area contributed by atoms with E-state index in [0.717, 1.165) is 24.3 Å². The molecule has 7 rings (SSSR count). The first-order valence-corrected chi connectivity index (χ1v) is 18.4. The van der Waals surface area contributed by atoms with Crippen molar-refractivity contribution in [3.63, 3.8) is 0 Å². The number of phenols is 3. The third kappa shape index (κ3) is 7.01. The summed E-state index contributed by atoms with van der Waals surface area (Å²) in [7, 11) is 1.22. The summed E-state index contributed by atoms with van der Waals surface area (Å²) in [6, 6.07) is 1.78. The van der Waals surface area contributed by atoms with Gasteiger partial charge in [0.2, 0.25) is 6.04 Å². The summed E-state index contributed by atoms with van der Waals surface area (Å²) in [5, 5.41) is 120. The van der Waals surface area contributed by atoms with Crippen LogP contribution in [0.1, 0.15) is 78.0 Å². The Morgan fingerprint density at radius 3 is 2.02 bits per heavy atom. The van der Waals surface area contributed by atoms with Gasteiger partial charge in [0.25, 0.3) is 5.91 Å². The molecule has 0 radical (unpaired) electrons. The zero-order valence-electron chi connectivity index (χ0n) is 31.9. The zero-order valence-corrected chi connectivity index (χ0v) is 31.9. The number of aliphatic carboxylic acids is 2. The molecule has 3 aromatic carbocycles. The van der Waals surface area contributed by atoms with Crippen LogP contribution in [0.5, 0.6) is 23.0 Å². The van der Waals surface area contributed by atoms with Crippen molar-refractivity contribution < 1.29 is 104 Å². The SMILES string of the molecule is COc1cc(O)c2c(c1)C(=O)c1c(cc3c(c1O)-c1c(cc(C)c(C(=O)NC(C(=O)O)C(=O)O)c1O)[C@H](O[C@@H]1O[C@H](C)[C@H](O)[C@H](O[C@@H]4OC[C@@H](O)[C@H](O)[C@H]4O)[C@H]1O)[C@H]3O)C2=O. The maximum atomic E-state index is 14.1. The predicted molar refractivity (Wildman–Crippen MR) is 196 cm³/mol. The van der Waals surface area contributed by atoms with E-state index in [1.807, 2.05) is 0 Å². The topological polar surface area (TPSA) is 366 Å². The van der Waals surface area contributed by atoms with E-state index in [2.05, 4.69) is 0 Å². The van der Waals surface area contributed by atoms with Gasteiger partial charge in [0.05, 0.1) is 36.5 Å². The number of carboxylic acids is 2. The highest BCUT2D eigenvalue weighted by molar-refractivity contribution is 6.31. The van der Waals surface area contributed by atoms with Gasteiger partial charge >= 0.3 is 11.9 Å². The highest BCUT2D eigenvalue weighted by Crippen LogP contribution is 2.57. The van der Waals surface area contributed by atoms with Crippen molar-refractivity contribution in [2.75, 3.05) is 13.7 Å². The molecule has 0 bridgehead atoms. The van der Waals surface area contributed by atoms with Crippen LogP contribution < -0.4 is 10.1 Å². The molecular weight excluding hydrogens is 818 g/mol. The molecule has 4 aliphatic rings. The van der Waals surface area contributed by atoms with Gasteiger partial charge in [-0.3, -0.25) is 14.4 Å². The van der Waals surface area contributed by atoms with Gasteiger partial charge in [0.15, 0.2) is 24.1 Å². The monoisotopic (exact) mass is 857 g/mol. The average molecular weight is 858 g/mol. The number of phenolic OH excluding ortho intramolecular Hbond substituents is 3. The Balaban J connectivity index is 1.37. The molecule has 3 aromatic rings. The van der Waals surface area contributed by atoms with Crippen molar-refractivity contribution in [1.29, 1.82) is 0 Å². The first-order chi connectivity index (χ1) is 28.7. The summed E-state index contributed by atoms with van der Waals surface area (Å²) in [5.41, 5.74) is -4.81. The Bertz CT molecular complexity index is 2350. The van der Waals surface area contributed by atoms with Crippen LogP contribution in [0, 0.1) is 6.92 Å². The largest absolute Gasteiger partial charge is 0.507 e. The molecule has 326 valence electrons. The number of rotatable bonds is 9. The lowest BCUT2D eigenvalue weighted by atomic mass is 9.74. The normalized spacial score (nSPS) is 29.2. The number of aliphatic hydroxyl groups excluding tert-OH is 6. The summed E-state index contributed by atoms with van der Waals surface area (Å²) < 4.78 is 28.0. The summed E-state index contributed by atoms with van der Waals surface area (Å²) in [4.78, 5) is 64.9. The number of carboxylic acid groups (broad SMARTS) is 2. The van der Waals surface area contributed by atoms with Gasteiger partial charge in [-0.05, 0) is 42.7 Å². The van der Waals surface area contributed by atoms with E-state index >= 15 is 0 Å². The number of nitrogens with one attached hydrogen (secondary N) is 1. The lowest BCUT2D eigenvalue weighted by Crippen LogP contribution is -2.62. The number of ether oxygens (including phenoxy) is 5. The van der Waals surface area contributed by atoms with Gasteiger partial charge in [-0.1, -0.05) is 6.07 Å². The van der Waals surface area contributed by atoms with E-state index in [4.69, 9.17) is 23.7 Å². The second kappa shape index (κ2) is 15.9. The van der Waals surface area contributed by atoms with Crippen molar-refractivity contribution in [2.45, 2.75) is 87.4 Å². The number of aliphatic hydroxyl groups is 6. The van der Waals surface area contributed by atoms with E-state index in [1.165, 1.54) is 21.0 Å². The minimum absolute atomic E-state index is 0.0377. The number of ketones is 2. The molecule has 2 heterocycles. The first-order valence-electron chi connectivity index (χ1n) is 18.4. The van der Waals surface area contributed by atoms with E-state index in [0.29, 0.717) is 0 Å². The molecule has 2 aliphatic carbocycles. The molecule has 1 amide bonds. The number of hydrogen-bond acceptors (Lipinski definition) is 19. The van der Waals surface area contributed by atoms with Crippen LogP contribution in [0.15, 0.2) is 24.3 Å². The molecule has 2 aliphatic heterocycles. The van der Waals surface area contributed by atoms with Crippen molar-refractivity contribution in [2.24, 2.45) is 0 Å². The highest BCUT2D eigenvalue weighted by Gasteiger charge is 2.51. The van der Waals surface area contributed by atoms with E-state index < -0.39 is 171 Å². The number of amides is 1. The van der Waals surface area contributed by atoms with Crippen molar-refractivity contribution >= 4 is 29.4 Å². The summed E-state index contributed by atoms with van der Waals surface area (Å²) >= 11 is 0. The Hall–Kier alpha value is -5.79. The summed E-state index contributed by atoms with van der Waals surface area (Å²) in [6.45, 7) is 2.06. The van der Waals surface area contributed by atoms with Gasteiger partial charge in [-0.25, -0.2) is 9.59 Å². The summed E-state index contributed by atoms with van der Waals surface area (Å²) in [6.07, 6.45) is -19.2. The third-order valence-corrected chi connectivity index (χ3v) is 11.1. The molecule has 0 aromatic heterocycles. The van der Waals surface area contributed by atoms with Crippen LogP contribution in [0.2, 0.25) is 0 Å². The van der Waals surface area contributed by atoms with Gasteiger partial charge in [-0.2, -0.15) is 0 Å². The molecular formula is C39H39NO21. The minimum atomic E-state index is -2.50. The number of benzene rings is 3. The van der Waals surface area contributed by atoms with Crippen LogP contribution >= 0.6 is 0 Å². The smallest absolute Gasteiger partial charge is 0.338 e. The second-order valence-electron chi connectivity index (χ2n) is 14.8. The van der Waals surface area contributed by atoms with Gasteiger partial charge in [0.1, 0.15) is 71.8 Å². The standard InChI is InChI=1S/C39H39NO21/c1-9-4-15-21(29(48)18(9)35(52)40-23(36(53)54)37(55)56)20-13(7-14-22(30(20)49)26(45)12-5-11(57-3)6-16(41)19(12)25(14)44)27(46)33(15)60-39-32(51)34(24(43)10(2)59-39)61-38-31(50)28(47)17(42)8-58-38/h4-7,10,17,23-24,27-28,31-34,38-39,41-43,46-51H,8H2,1-3H3,(H,40,52)(H,53,54)(H,55,56)/t10-,17-,24+,27+,28+,31-,32-,33+,34+,38+,39+/m1/s1. The van der Waals surface area contributed by atoms with E-state index in [9.17, 15) is 80.1 Å². The fraction of sp³-hybridized carbons (Fsp3) is 0.410. The molecule has 22 nitrogen and oxygen atoms in total. The van der Waals surface area contributed by atoms with Crippen LogP contribution in [0.4, 0.5) is 0 Å². The number of fused-ring (bicyclic) bond motifs is 5. The minimum Gasteiger partial charge on any atom is -0.507 e. The van der Waals surface area contributed by atoms with Crippen LogP contribution in [0.25, 0.3) is 11.1 Å². The van der Waals surface area contributed by atoms with Crippen molar-refractivity contribution in [3.8, 4) is 34.1 Å². The van der Waals surface area contributed by atoms with Crippen molar-refractivity contribution in [3.05, 3.63) is 68.8 Å². The van der Waals surface area contributed by atoms with Gasteiger partial charge in [-0.15, -0.1) is 0 Å². The highest BCUT2D eigenvalue weighted by atomic mass is 16.7. The van der Waals surface area contributed by atoms with Gasteiger partial charge in [0, 0.05) is 28.3 Å². The van der Waals surface area contributed by atoms with Crippen LogP contribution in [-0.2, 0) is 28.5 Å². The molecule has 22 heteroatoms. The predicted octanol–water partition coefficient (Wildman–Crippen LogP) is -1.77. The number of aromatic hydroxyl groups is 3. The van der Waals surface area contributed by atoms with Crippen LogP contribution in [0.3, 0.4) is 0 Å². The van der Waals surface area contributed by atoms with Gasteiger partial charge < -0.3 is 85.2 Å². The number of methoxy groups -OCH3 is 1. The first kappa shape index (κ1) is 43.3. The third-order valence-electron chi connectivity index (χ3n) is 11.1. The second-order valence-corrected chi connectivity index (χ2v) is 14.8. The number of carbonyl (C=O) groups is 5.